The molecule has 1 N–H and O–H groups in total. The Bertz CT molecular complexity index is 1460. The van der Waals surface area contributed by atoms with Gasteiger partial charge in [0.2, 0.25) is 17.6 Å². The second kappa shape index (κ2) is 10.2. The molecule has 5 rings (SSSR count). The van der Waals surface area contributed by atoms with Gasteiger partial charge in [-0.2, -0.15) is 14.6 Å². The van der Waals surface area contributed by atoms with Gasteiger partial charge in [0, 0.05) is 17.8 Å². The third-order valence-corrected chi connectivity index (χ3v) is 5.44. The van der Waals surface area contributed by atoms with E-state index in [4.69, 9.17) is 18.9 Å². The summed E-state index contributed by atoms with van der Waals surface area (Å²) in [6.45, 7) is 0.396. The lowest BCUT2D eigenvalue weighted by molar-refractivity contribution is 0.295. The lowest BCUT2D eigenvalue weighted by Gasteiger charge is -2.14. The van der Waals surface area contributed by atoms with Gasteiger partial charge in [-0.05, 0) is 17.7 Å². The molecule has 0 aliphatic heterocycles. The minimum Gasteiger partial charge on any atom is -0.493 e. The van der Waals surface area contributed by atoms with E-state index in [0.717, 1.165) is 16.5 Å². The highest BCUT2D eigenvalue weighted by molar-refractivity contribution is 5.85. The van der Waals surface area contributed by atoms with Crippen molar-refractivity contribution in [2.45, 2.75) is 6.61 Å². The van der Waals surface area contributed by atoms with Crippen molar-refractivity contribution >= 4 is 22.5 Å². The van der Waals surface area contributed by atoms with Gasteiger partial charge in [0.15, 0.2) is 11.5 Å². The normalized spacial score (nSPS) is 10.8. The summed E-state index contributed by atoms with van der Waals surface area (Å²) in [5.74, 6) is 2.66. The Hall–Kier alpha value is -4.86. The van der Waals surface area contributed by atoms with Crippen molar-refractivity contribution in [3.05, 3.63) is 78.6 Å². The number of benzene rings is 3. The standard InChI is InChI=1S/C26H24N6O4/c1-33-21-13-18(14-22(34-2)23(21)35-3)29-25-27-16-28-26(30-25)32-20-12-8-7-11-19(20)24(31-32)36-15-17-9-5-4-6-10-17/h4-14,16H,15H2,1-3H3,(H,27,28,29,30). The molecule has 0 fully saturated rings. The topological polar surface area (TPSA) is 105 Å². The zero-order chi connectivity index (χ0) is 24.9. The molecule has 10 nitrogen and oxygen atoms in total. The molecular formula is C26H24N6O4. The molecular weight excluding hydrogens is 460 g/mol. The molecule has 0 radical (unpaired) electrons. The number of ether oxygens (including phenoxy) is 4. The molecule has 0 saturated carbocycles. The van der Waals surface area contributed by atoms with Crippen molar-refractivity contribution in [1.29, 1.82) is 0 Å². The van der Waals surface area contributed by atoms with Crippen molar-refractivity contribution in [3.63, 3.8) is 0 Å². The predicted molar refractivity (Wildman–Crippen MR) is 135 cm³/mol. The molecule has 0 spiro atoms. The maximum Gasteiger partial charge on any atom is 0.256 e. The van der Waals surface area contributed by atoms with Crippen LogP contribution in [-0.2, 0) is 6.61 Å². The van der Waals surface area contributed by atoms with E-state index in [1.54, 1.807) is 38.1 Å². The zero-order valence-corrected chi connectivity index (χ0v) is 20.0. The molecule has 0 aliphatic rings. The van der Waals surface area contributed by atoms with Crippen LogP contribution in [0.25, 0.3) is 16.9 Å². The monoisotopic (exact) mass is 484 g/mol. The van der Waals surface area contributed by atoms with Crippen LogP contribution in [-0.4, -0.2) is 46.1 Å². The molecule has 5 aromatic rings. The number of hydrogen-bond acceptors (Lipinski definition) is 9. The number of aromatic nitrogens is 5. The van der Waals surface area contributed by atoms with Crippen LogP contribution >= 0.6 is 0 Å². The van der Waals surface area contributed by atoms with Gasteiger partial charge in [0.1, 0.15) is 12.9 Å². The molecule has 0 saturated heterocycles. The molecule has 0 amide bonds. The number of para-hydroxylation sites is 1. The van der Waals surface area contributed by atoms with Crippen LogP contribution in [0.1, 0.15) is 5.56 Å². The summed E-state index contributed by atoms with van der Waals surface area (Å²) >= 11 is 0. The average Bonchev–Trinajstić information content (AvgIpc) is 3.30. The smallest absolute Gasteiger partial charge is 0.256 e. The van der Waals surface area contributed by atoms with Gasteiger partial charge in [-0.15, -0.1) is 5.10 Å². The first-order chi connectivity index (χ1) is 17.7. The minimum atomic E-state index is 0.320. The first-order valence-electron chi connectivity index (χ1n) is 11.1. The maximum atomic E-state index is 6.05. The summed E-state index contributed by atoms with van der Waals surface area (Å²) in [5, 5.41) is 8.68. The molecule has 0 bridgehead atoms. The number of anilines is 2. The quantitative estimate of drug-likeness (QED) is 0.322. The fraction of sp³-hybridized carbons (Fsp3) is 0.154. The van der Waals surface area contributed by atoms with Gasteiger partial charge >= 0.3 is 0 Å². The van der Waals surface area contributed by atoms with Crippen LogP contribution < -0.4 is 24.3 Å². The predicted octanol–water partition coefficient (Wildman–Crippen LogP) is 4.56. The summed E-state index contributed by atoms with van der Waals surface area (Å²) in [6, 6.07) is 21.2. The lowest BCUT2D eigenvalue weighted by atomic mass is 10.2. The number of nitrogens with one attached hydrogen (secondary N) is 1. The number of hydrogen-bond donors (Lipinski definition) is 1. The van der Waals surface area contributed by atoms with Gasteiger partial charge in [0.25, 0.3) is 5.95 Å². The van der Waals surface area contributed by atoms with E-state index in [-0.39, 0.29) is 0 Å². The van der Waals surface area contributed by atoms with Gasteiger partial charge in [-0.1, -0.05) is 42.5 Å². The molecule has 2 heterocycles. The van der Waals surface area contributed by atoms with E-state index in [9.17, 15) is 0 Å². The Morgan fingerprint density at radius 3 is 2.28 bits per heavy atom. The number of nitrogens with zero attached hydrogens (tertiary/aromatic N) is 5. The van der Waals surface area contributed by atoms with Gasteiger partial charge in [0.05, 0.1) is 32.2 Å². The average molecular weight is 485 g/mol. The fourth-order valence-electron chi connectivity index (χ4n) is 3.76. The minimum absolute atomic E-state index is 0.320. The highest BCUT2D eigenvalue weighted by atomic mass is 16.5. The van der Waals surface area contributed by atoms with Crippen molar-refractivity contribution in [3.8, 4) is 29.1 Å². The van der Waals surface area contributed by atoms with Gasteiger partial charge in [-0.3, -0.25) is 0 Å². The number of fused-ring (bicyclic) bond motifs is 1. The lowest BCUT2D eigenvalue weighted by Crippen LogP contribution is -2.07. The van der Waals surface area contributed by atoms with Crippen molar-refractivity contribution < 1.29 is 18.9 Å². The Morgan fingerprint density at radius 1 is 0.833 bits per heavy atom. The molecule has 10 heteroatoms. The van der Waals surface area contributed by atoms with Crippen molar-refractivity contribution in [1.82, 2.24) is 24.7 Å². The fourth-order valence-corrected chi connectivity index (χ4v) is 3.76. The number of methoxy groups -OCH3 is 3. The summed E-state index contributed by atoms with van der Waals surface area (Å²) in [7, 11) is 4.67. The Morgan fingerprint density at radius 2 is 1.56 bits per heavy atom. The summed E-state index contributed by atoms with van der Waals surface area (Å²) in [6.07, 6.45) is 1.42. The largest absolute Gasteiger partial charge is 0.493 e. The van der Waals surface area contributed by atoms with E-state index in [1.165, 1.54) is 6.33 Å². The SMILES string of the molecule is COc1cc(Nc2ncnc(-n3nc(OCc4ccccc4)c4ccccc43)n2)cc(OC)c1OC. The van der Waals surface area contributed by atoms with Crippen molar-refractivity contribution in [2.75, 3.05) is 26.6 Å². The Kier molecular flexibility index (Phi) is 6.48. The van der Waals surface area contributed by atoms with Crippen LogP contribution in [0, 0.1) is 0 Å². The van der Waals surface area contributed by atoms with E-state index in [2.05, 4.69) is 25.4 Å². The first kappa shape index (κ1) is 22.9. The molecule has 182 valence electrons. The summed E-state index contributed by atoms with van der Waals surface area (Å²) < 4.78 is 23.9. The first-order valence-corrected chi connectivity index (χ1v) is 11.1. The molecule has 0 unspecified atom stereocenters. The molecule has 2 aromatic heterocycles. The van der Waals surface area contributed by atoms with E-state index < -0.39 is 0 Å². The summed E-state index contributed by atoms with van der Waals surface area (Å²) in [5.41, 5.74) is 2.51. The van der Waals surface area contributed by atoms with E-state index >= 15 is 0 Å². The van der Waals surface area contributed by atoms with Crippen LogP contribution in [0.15, 0.2) is 73.1 Å². The highest BCUT2D eigenvalue weighted by Crippen LogP contribution is 2.40. The maximum absolute atomic E-state index is 6.05. The van der Waals surface area contributed by atoms with Crippen LogP contribution in [0.4, 0.5) is 11.6 Å². The van der Waals surface area contributed by atoms with E-state index in [0.29, 0.717) is 47.3 Å². The number of rotatable bonds is 9. The zero-order valence-electron chi connectivity index (χ0n) is 20.0. The van der Waals surface area contributed by atoms with Gasteiger partial charge < -0.3 is 24.3 Å². The Labute approximate surface area is 207 Å². The van der Waals surface area contributed by atoms with Crippen LogP contribution in [0.5, 0.6) is 23.1 Å². The Balaban J connectivity index is 1.46. The third-order valence-electron chi connectivity index (χ3n) is 5.44. The summed E-state index contributed by atoms with van der Waals surface area (Å²) in [4.78, 5) is 13.2. The van der Waals surface area contributed by atoms with Crippen molar-refractivity contribution in [2.24, 2.45) is 0 Å². The second-order valence-electron chi connectivity index (χ2n) is 7.66. The van der Waals surface area contributed by atoms with E-state index in [1.807, 2.05) is 54.6 Å². The van der Waals surface area contributed by atoms with Crippen LogP contribution in [0.2, 0.25) is 0 Å². The highest BCUT2D eigenvalue weighted by Gasteiger charge is 2.17. The second-order valence-corrected chi connectivity index (χ2v) is 7.66. The molecule has 0 atom stereocenters. The molecule has 0 aliphatic carbocycles. The molecule has 36 heavy (non-hydrogen) atoms. The molecule has 3 aromatic carbocycles. The third kappa shape index (κ3) is 4.56. The van der Waals surface area contributed by atoms with Gasteiger partial charge in [-0.25, -0.2) is 4.98 Å². The van der Waals surface area contributed by atoms with Crippen LogP contribution in [0.3, 0.4) is 0 Å².